The van der Waals surface area contributed by atoms with Crippen molar-refractivity contribution in [2.75, 3.05) is 13.2 Å². The van der Waals surface area contributed by atoms with Crippen molar-refractivity contribution in [2.45, 2.75) is 274 Å². The zero-order valence-corrected chi connectivity index (χ0v) is 41.7. The molecule has 1 aliphatic heterocycles. The lowest BCUT2D eigenvalue weighted by atomic mass is 9.83. The number of hydrogen-bond donors (Lipinski definition) is 11. The third-order valence-corrected chi connectivity index (χ3v) is 13.5. The largest absolute Gasteiger partial charge is 0.394 e. The minimum absolute atomic E-state index is 0.115. The van der Waals surface area contributed by atoms with Crippen LogP contribution in [0.1, 0.15) is 204 Å². The molecule has 1 aliphatic rings. The average Bonchev–Trinajstić information content (AvgIpc) is 3.15. The molecule has 11 N–H and O–H groups in total. The zero-order valence-electron chi connectivity index (χ0n) is 41.7. The molecule has 64 heavy (non-hydrogen) atoms. The second-order valence-corrected chi connectivity index (χ2v) is 21.7. The first kappa shape index (κ1) is 60.7. The second kappa shape index (κ2) is 28.3. The molecule has 0 spiro atoms. The average molecular weight is 917 g/mol. The van der Waals surface area contributed by atoms with Crippen LogP contribution in [0, 0.1) is 0 Å². The van der Waals surface area contributed by atoms with Crippen LogP contribution in [0.2, 0.25) is 0 Å². The van der Waals surface area contributed by atoms with Crippen LogP contribution in [0.5, 0.6) is 0 Å². The lowest BCUT2D eigenvalue weighted by molar-refractivity contribution is -0.298. The van der Waals surface area contributed by atoms with Crippen molar-refractivity contribution in [1.82, 2.24) is 0 Å². The standard InChI is InChI=1S/C51H96O13/c1-37(2)18-12-24-46(5,57)25-13-26-47(6,58)27-14-28-48(7,59)29-15-30-49(8,60)31-16-32-50(9,61)33-17-34-51(10,62)41(53)22-21-38(3)19-11-20-39(4)23-35-63-45-44(56)43(55)42(54)40(36-52)64-45/h18-19,23,40-45,52-62H,11-17,20-22,24-36H2,1-10H3/b38-19+,39-23+/t40-,41-,42-,43+,44-,45-,46+,47+,48+,49+,50+,51-/m1/s1. The van der Waals surface area contributed by atoms with E-state index >= 15 is 0 Å². The smallest absolute Gasteiger partial charge is 0.187 e. The van der Waals surface area contributed by atoms with E-state index in [1.807, 2.05) is 40.7 Å². The van der Waals surface area contributed by atoms with Gasteiger partial charge in [-0.3, -0.25) is 0 Å². The molecule has 0 saturated carbocycles. The van der Waals surface area contributed by atoms with E-state index in [0.717, 1.165) is 36.8 Å². The number of ether oxygens (including phenoxy) is 2. The van der Waals surface area contributed by atoms with Crippen molar-refractivity contribution in [3.63, 3.8) is 0 Å². The van der Waals surface area contributed by atoms with Gasteiger partial charge in [0.05, 0.1) is 52.9 Å². The first-order chi connectivity index (χ1) is 29.4. The van der Waals surface area contributed by atoms with E-state index < -0.39 is 77.0 Å². The Hall–Kier alpha value is -1.30. The molecule has 0 unspecified atom stereocenters. The van der Waals surface area contributed by atoms with E-state index in [4.69, 9.17) is 9.47 Å². The predicted molar refractivity (Wildman–Crippen MR) is 253 cm³/mol. The normalized spacial score (nSPS) is 26.2. The summed E-state index contributed by atoms with van der Waals surface area (Å²) in [6, 6.07) is 0. The van der Waals surface area contributed by atoms with Gasteiger partial charge in [0.2, 0.25) is 0 Å². The molecule has 0 aromatic rings. The highest BCUT2D eigenvalue weighted by Gasteiger charge is 2.44. The maximum absolute atomic E-state index is 11.1. The van der Waals surface area contributed by atoms with Crippen molar-refractivity contribution in [1.29, 1.82) is 0 Å². The third-order valence-electron chi connectivity index (χ3n) is 13.5. The van der Waals surface area contributed by atoms with Gasteiger partial charge >= 0.3 is 0 Å². The Morgan fingerprint density at radius 1 is 0.531 bits per heavy atom. The summed E-state index contributed by atoms with van der Waals surface area (Å²) >= 11 is 0. The van der Waals surface area contributed by atoms with Crippen molar-refractivity contribution >= 4 is 0 Å². The number of allylic oxidation sites excluding steroid dienone is 5. The molecule has 0 aliphatic carbocycles. The minimum Gasteiger partial charge on any atom is -0.394 e. The summed E-state index contributed by atoms with van der Waals surface area (Å²) in [4.78, 5) is 0. The fourth-order valence-corrected chi connectivity index (χ4v) is 8.61. The van der Waals surface area contributed by atoms with Gasteiger partial charge in [0.15, 0.2) is 6.29 Å². The maximum Gasteiger partial charge on any atom is 0.187 e. The van der Waals surface area contributed by atoms with Gasteiger partial charge < -0.3 is 65.6 Å². The van der Waals surface area contributed by atoms with E-state index in [1.54, 1.807) is 20.8 Å². The highest BCUT2D eigenvalue weighted by molar-refractivity contribution is 5.05. The molecule has 378 valence electrons. The first-order valence-electron chi connectivity index (χ1n) is 24.3. The van der Waals surface area contributed by atoms with E-state index in [2.05, 4.69) is 26.0 Å². The van der Waals surface area contributed by atoms with Crippen LogP contribution in [0.3, 0.4) is 0 Å². The van der Waals surface area contributed by atoms with Crippen LogP contribution in [-0.2, 0) is 9.47 Å². The molecule has 1 rings (SSSR count). The SMILES string of the molecule is CC(C)=CCC[C@](C)(O)CCC[C@](C)(O)CCC[C@](C)(O)CCC[C@](C)(O)CCC[C@](C)(O)CCC[C@@](C)(O)[C@H](O)CC/C(C)=C/CC/C(C)=C/CO[C@@H]1O[C@H](CO)[C@@H](O)[C@H](O)[C@H]1O. The molecule has 13 nitrogen and oxygen atoms in total. The van der Waals surface area contributed by atoms with Gasteiger partial charge in [0.25, 0.3) is 0 Å². The molecule has 0 radical (unpaired) electrons. The molecule has 0 bridgehead atoms. The van der Waals surface area contributed by atoms with E-state index in [1.165, 1.54) is 5.57 Å². The lowest BCUT2D eigenvalue weighted by Crippen LogP contribution is -2.59. The Balaban J connectivity index is 2.34. The second-order valence-electron chi connectivity index (χ2n) is 21.7. The fourth-order valence-electron chi connectivity index (χ4n) is 8.61. The van der Waals surface area contributed by atoms with Gasteiger partial charge in [-0.1, -0.05) is 34.9 Å². The van der Waals surface area contributed by atoms with Crippen LogP contribution in [0.15, 0.2) is 34.9 Å². The summed E-state index contributed by atoms with van der Waals surface area (Å²) in [5.41, 5.74) is -2.38. The number of aliphatic hydroxyl groups excluding tert-OH is 5. The van der Waals surface area contributed by atoms with Gasteiger partial charge in [-0.25, -0.2) is 0 Å². The molecule has 0 amide bonds. The Kier molecular flexibility index (Phi) is 26.8. The van der Waals surface area contributed by atoms with Crippen molar-refractivity contribution < 1.29 is 65.6 Å². The summed E-state index contributed by atoms with van der Waals surface area (Å²) in [7, 11) is 0. The van der Waals surface area contributed by atoms with Gasteiger partial charge in [0, 0.05) is 0 Å². The summed E-state index contributed by atoms with van der Waals surface area (Å²) in [5.74, 6) is 0. The first-order valence-corrected chi connectivity index (χ1v) is 24.3. The lowest BCUT2D eigenvalue weighted by Gasteiger charge is -2.39. The summed E-state index contributed by atoms with van der Waals surface area (Å²) in [6.07, 6.45) is 11.0. The monoisotopic (exact) mass is 917 g/mol. The summed E-state index contributed by atoms with van der Waals surface area (Å²) in [6.45, 7) is 18.4. The van der Waals surface area contributed by atoms with E-state index in [0.29, 0.717) is 109 Å². The minimum atomic E-state index is -1.49. The predicted octanol–water partition coefficient (Wildman–Crippen LogP) is 6.72. The molecule has 1 saturated heterocycles. The van der Waals surface area contributed by atoms with Crippen LogP contribution in [0.25, 0.3) is 0 Å². The van der Waals surface area contributed by atoms with Crippen molar-refractivity contribution in [3.8, 4) is 0 Å². The topological polar surface area (TPSA) is 241 Å². The molecule has 0 aromatic heterocycles. The van der Waals surface area contributed by atoms with Crippen molar-refractivity contribution in [3.05, 3.63) is 34.9 Å². The van der Waals surface area contributed by atoms with Crippen LogP contribution >= 0.6 is 0 Å². The van der Waals surface area contributed by atoms with E-state index in [-0.39, 0.29) is 6.61 Å². The molecule has 0 aromatic carbocycles. The fraction of sp³-hybridized carbons (Fsp3) is 0.882. The van der Waals surface area contributed by atoms with Crippen LogP contribution in [0.4, 0.5) is 0 Å². The highest BCUT2D eigenvalue weighted by Crippen LogP contribution is 2.32. The van der Waals surface area contributed by atoms with Gasteiger partial charge in [0.1, 0.15) is 24.4 Å². The van der Waals surface area contributed by atoms with Crippen LogP contribution in [-0.4, -0.2) is 140 Å². The quantitative estimate of drug-likeness (QED) is 0.0301. The Bertz CT molecular complexity index is 1380. The number of aliphatic hydroxyl groups is 11. The Labute approximate surface area is 387 Å². The zero-order chi connectivity index (χ0) is 49.0. The Morgan fingerprint density at radius 2 is 0.938 bits per heavy atom. The molecule has 12 atom stereocenters. The Morgan fingerprint density at radius 3 is 1.36 bits per heavy atom. The summed E-state index contributed by atoms with van der Waals surface area (Å²) in [5, 5.41) is 116. The van der Waals surface area contributed by atoms with Gasteiger partial charge in [-0.2, -0.15) is 0 Å². The number of hydrogen-bond acceptors (Lipinski definition) is 13. The maximum atomic E-state index is 11.1. The third kappa shape index (κ3) is 26.3. The summed E-state index contributed by atoms with van der Waals surface area (Å²) < 4.78 is 10.9. The number of rotatable bonds is 34. The molecular weight excluding hydrogens is 821 g/mol. The van der Waals surface area contributed by atoms with E-state index in [9.17, 15) is 56.2 Å². The molecule has 1 heterocycles. The molecular formula is C51H96O13. The van der Waals surface area contributed by atoms with Gasteiger partial charge in [-0.15, -0.1) is 0 Å². The van der Waals surface area contributed by atoms with Crippen molar-refractivity contribution in [2.24, 2.45) is 0 Å². The van der Waals surface area contributed by atoms with Crippen LogP contribution < -0.4 is 0 Å². The highest BCUT2D eigenvalue weighted by atomic mass is 16.7. The molecule has 1 fully saturated rings. The van der Waals surface area contributed by atoms with Gasteiger partial charge in [-0.05, 0) is 204 Å². The molecule has 13 heteroatoms.